The molecule has 0 saturated heterocycles. The van der Waals surface area contributed by atoms with Gasteiger partial charge in [0.05, 0.1) is 7.11 Å². The van der Waals surface area contributed by atoms with Crippen LogP contribution in [0, 0.1) is 0 Å². The molecule has 3 rings (SSSR count). The van der Waals surface area contributed by atoms with Gasteiger partial charge in [-0.15, -0.1) is 0 Å². The molecule has 1 heterocycles. The lowest BCUT2D eigenvalue weighted by Gasteiger charge is -2.10. The molecular formula is C20H19ClN4O2. The van der Waals surface area contributed by atoms with Gasteiger partial charge in [-0.25, -0.2) is 9.97 Å². The molecule has 0 spiro atoms. The van der Waals surface area contributed by atoms with Crippen LogP contribution in [0.3, 0.4) is 0 Å². The number of ether oxygens (including phenoxy) is 1. The number of amides is 1. The second-order valence-electron chi connectivity index (χ2n) is 5.70. The molecule has 7 heteroatoms. The molecule has 1 aromatic heterocycles. The number of halogens is 1. The first-order valence-electron chi connectivity index (χ1n) is 8.38. The first-order chi connectivity index (χ1) is 13.2. The van der Waals surface area contributed by atoms with Crippen molar-refractivity contribution in [1.82, 2.24) is 15.3 Å². The zero-order valence-electron chi connectivity index (χ0n) is 14.8. The first-order valence-corrected chi connectivity index (χ1v) is 8.75. The fourth-order valence-corrected chi connectivity index (χ4v) is 2.70. The third-order valence-corrected chi connectivity index (χ3v) is 4.28. The van der Waals surface area contributed by atoms with Gasteiger partial charge in [-0.2, -0.15) is 0 Å². The van der Waals surface area contributed by atoms with Gasteiger partial charge in [-0.1, -0.05) is 48.0 Å². The number of rotatable bonds is 7. The summed E-state index contributed by atoms with van der Waals surface area (Å²) in [4.78, 5) is 20.8. The van der Waals surface area contributed by atoms with Gasteiger partial charge in [-0.05, 0) is 23.8 Å². The highest BCUT2D eigenvalue weighted by atomic mass is 35.5. The minimum Gasteiger partial charge on any atom is -0.496 e. The number of carbonyl (C=O) groups is 1. The zero-order chi connectivity index (χ0) is 19.1. The van der Waals surface area contributed by atoms with Crippen molar-refractivity contribution in [3.8, 4) is 5.75 Å². The van der Waals surface area contributed by atoms with Crippen LogP contribution >= 0.6 is 11.6 Å². The van der Waals surface area contributed by atoms with Crippen LogP contribution in [0.5, 0.6) is 5.75 Å². The van der Waals surface area contributed by atoms with Crippen LogP contribution in [0.25, 0.3) is 0 Å². The molecule has 0 unspecified atom stereocenters. The Kier molecular flexibility index (Phi) is 6.22. The van der Waals surface area contributed by atoms with Crippen molar-refractivity contribution < 1.29 is 9.53 Å². The van der Waals surface area contributed by atoms with Crippen LogP contribution in [-0.2, 0) is 13.1 Å². The predicted octanol–water partition coefficient (Wildman–Crippen LogP) is 3.68. The molecule has 0 radical (unpaired) electrons. The number of methoxy groups -OCH3 is 1. The molecule has 0 aliphatic carbocycles. The lowest BCUT2D eigenvalue weighted by Crippen LogP contribution is -2.24. The number of nitrogens with zero attached hydrogens (tertiary/aromatic N) is 2. The molecule has 0 aliphatic rings. The van der Waals surface area contributed by atoms with E-state index in [9.17, 15) is 4.79 Å². The first kappa shape index (κ1) is 18.7. The van der Waals surface area contributed by atoms with E-state index in [4.69, 9.17) is 16.3 Å². The molecule has 0 saturated carbocycles. The van der Waals surface area contributed by atoms with Crippen LogP contribution in [0.15, 0.2) is 60.8 Å². The number of benzene rings is 2. The van der Waals surface area contributed by atoms with E-state index in [2.05, 4.69) is 20.6 Å². The number of anilines is 1. The maximum Gasteiger partial charge on any atom is 0.270 e. The van der Waals surface area contributed by atoms with Crippen LogP contribution < -0.4 is 15.4 Å². The van der Waals surface area contributed by atoms with E-state index < -0.39 is 0 Å². The summed E-state index contributed by atoms with van der Waals surface area (Å²) < 4.78 is 5.32. The third kappa shape index (κ3) is 4.95. The van der Waals surface area contributed by atoms with Crippen LogP contribution in [0.4, 0.5) is 5.95 Å². The zero-order valence-corrected chi connectivity index (χ0v) is 15.5. The van der Waals surface area contributed by atoms with E-state index in [0.717, 1.165) is 16.9 Å². The quantitative estimate of drug-likeness (QED) is 0.651. The fraction of sp³-hybridized carbons (Fsp3) is 0.150. The second-order valence-corrected chi connectivity index (χ2v) is 6.11. The summed E-state index contributed by atoms with van der Waals surface area (Å²) in [6.07, 6.45) is 1.54. The van der Waals surface area contributed by atoms with Crippen LogP contribution in [0.2, 0.25) is 5.02 Å². The molecule has 2 N–H and O–H groups in total. The predicted molar refractivity (Wildman–Crippen MR) is 105 cm³/mol. The molecule has 6 nitrogen and oxygen atoms in total. The summed E-state index contributed by atoms with van der Waals surface area (Å²) in [6.45, 7) is 0.807. The summed E-state index contributed by atoms with van der Waals surface area (Å²) in [5.41, 5.74) is 2.09. The fourth-order valence-electron chi connectivity index (χ4n) is 2.50. The van der Waals surface area contributed by atoms with E-state index in [1.54, 1.807) is 25.4 Å². The molecule has 3 aromatic rings. The number of hydrogen-bond acceptors (Lipinski definition) is 5. The van der Waals surface area contributed by atoms with Crippen molar-refractivity contribution in [2.75, 3.05) is 12.4 Å². The summed E-state index contributed by atoms with van der Waals surface area (Å²) >= 11 is 6.11. The number of nitrogens with one attached hydrogen (secondary N) is 2. The normalized spacial score (nSPS) is 10.3. The van der Waals surface area contributed by atoms with Gasteiger partial charge >= 0.3 is 0 Å². The average Bonchev–Trinajstić information content (AvgIpc) is 2.72. The minimum atomic E-state index is -0.294. The molecule has 1 amide bonds. The highest BCUT2D eigenvalue weighted by Gasteiger charge is 2.10. The Morgan fingerprint density at radius 2 is 1.78 bits per heavy atom. The molecular weight excluding hydrogens is 364 g/mol. The average molecular weight is 383 g/mol. The van der Waals surface area contributed by atoms with Gasteiger partial charge in [0, 0.05) is 29.9 Å². The Morgan fingerprint density at radius 1 is 1.04 bits per heavy atom. The molecule has 138 valence electrons. The summed E-state index contributed by atoms with van der Waals surface area (Å²) in [6, 6.07) is 16.6. The van der Waals surface area contributed by atoms with E-state index in [-0.39, 0.29) is 11.6 Å². The van der Waals surface area contributed by atoms with Gasteiger partial charge in [-0.3, -0.25) is 4.79 Å². The van der Waals surface area contributed by atoms with Crippen molar-refractivity contribution in [1.29, 1.82) is 0 Å². The van der Waals surface area contributed by atoms with E-state index >= 15 is 0 Å². The molecule has 27 heavy (non-hydrogen) atoms. The van der Waals surface area contributed by atoms with Crippen molar-refractivity contribution >= 4 is 23.5 Å². The van der Waals surface area contributed by atoms with Gasteiger partial charge in [0.15, 0.2) is 0 Å². The number of para-hydroxylation sites is 1. The number of hydrogen-bond donors (Lipinski definition) is 2. The maximum absolute atomic E-state index is 12.4. The van der Waals surface area contributed by atoms with Crippen LogP contribution in [0.1, 0.15) is 21.6 Å². The Morgan fingerprint density at radius 3 is 2.56 bits per heavy atom. The highest BCUT2D eigenvalue weighted by molar-refractivity contribution is 6.31. The van der Waals surface area contributed by atoms with Gasteiger partial charge in [0.1, 0.15) is 11.4 Å². The second kappa shape index (κ2) is 9.00. The standard InChI is InChI=1S/C20H19ClN4O2/c1-27-18-9-5-3-7-15(18)13-24-20-22-11-10-17(25-20)19(26)23-12-14-6-2-4-8-16(14)21/h2-11H,12-13H2,1H3,(H,23,26)(H,22,24,25). The Balaban J connectivity index is 1.62. The molecule has 0 atom stereocenters. The van der Waals surface area contributed by atoms with Gasteiger partial charge in [0.25, 0.3) is 5.91 Å². The Hall–Kier alpha value is -3.12. The highest BCUT2D eigenvalue weighted by Crippen LogP contribution is 2.18. The smallest absolute Gasteiger partial charge is 0.270 e. The Labute approximate surface area is 162 Å². The van der Waals surface area contributed by atoms with E-state index in [1.807, 2.05) is 42.5 Å². The SMILES string of the molecule is COc1ccccc1CNc1nccc(C(=O)NCc2ccccc2Cl)n1. The van der Waals surface area contributed by atoms with Crippen molar-refractivity contribution in [3.63, 3.8) is 0 Å². The van der Waals surface area contributed by atoms with Crippen LogP contribution in [-0.4, -0.2) is 23.0 Å². The maximum atomic E-state index is 12.4. The van der Waals surface area contributed by atoms with E-state index in [0.29, 0.717) is 24.1 Å². The van der Waals surface area contributed by atoms with Crippen molar-refractivity contribution in [3.05, 3.63) is 82.6 Å². The van der Waals surface area contributed by atoms with Gasteiger partial charge < -0.3 is 15.4 Å². The lowest BCUT2D eigenvalue weighted by atomic mass is 10.2. The molecule has 0 fully saturated rings. The molecule has 2 aromatic carbocycles. The topological polar surface area (TPSA) is 76.1 Å². The third-order valence-electron chi connectivity index (χ3n) is 3.91. The van der Waals surface area contributed by atoms with E-state index in [1.165, 1.54) is 0 Å². The largest absolute Gasteiger partial charge is 0.496 e. The molecule has 0 bridgehead atoms. The lowest BCUT2D eigenvalue weighted by molar-refractivity contribution is 0.0946. The minimum absolute atomic E-state index is 0.277. The summed E-state index contributed by atoms with van der Waals surface area (Å²) in [7, 11) is 1.62. The monoisotopic (exact) mass is 382 g/mol. The van der Waals surface area contributed by atoms with Crippen molar-refractivity contribution in [2.45, 2.75) is 13.1 Å². The Bertz CT molecular complexity index is 933. The van der Waals surface area contributed by atoms with Crippen molar-refractivity contribution in [2.24, 2.45) is 0 Å². The number of aromatic nitrogens is 2. The van der Waals surface area contributed by atoms with Gasteiger partial charge in [0.2, 0.25) is 5.95 Å². The number of carbonyl (C=O) groups excluding carboxylic acids is 1. The summed E-state index contributed by atoms with van der Waals surface area (Å²) in [5.74, 6) is 0.850. The molecule has 0 aliphatic heterocycles. The summed E-state index contributed by atoms with van der Waals surface area (Å²) in [5, 5.41) is 6.54.